The molecule has 102 valence electrons. The van der Waals surface area contributed by atoms with Crippen LogP contribution in [0.4, 0.5) is 4.39 Å². The number of halogens is 1. The molecule has 1 aliphatic heterocycles. The van der Waals surface area contributed by atoms with Crippen LogP contribution in [-0.4, -0.2) is 43.2 Å². The Morgan fingerprint density at radius 1 is 1.26 bits per heavy atom. The van der Waals surface area contributed by atoms with E-state index in [0.717, 1.165) is 25.2 Å². The van der Waals surface area contributed by atoms with Crippen LogP contribution in [-0.2, 0) is 0 Å². The van der Waals surface area contributed by atoms with Gasteiger partial charge in [-0.2, -0.15) is 0 Å². The number of benzene rings is 1. The van der Waals surface area contributed by atoms with Gasteiger partial charge in [0.05, 0.1) is 6.67 Å². The van der Waals surface area contributed by atoms with Crippen LogP contribution in [0.3, 0.4) is 0 Å². The van der Waals surface area contributed by atoms with Gasteiger partial charge in [0.2, 0.25) is 0 Å². The Morgan fingerprint density at radius 2 is 1.95 bits per heavy atom. The largest absolute Gasteiger partial charge is 0.349 e. The molecule has 1 N–H and O–H groups in total. The Kier molecular flexibility index (Phi) is 3.51. The van der Waals surface area contributed by atoms with Crippen LogP contribution in [0, 0.1) is 11.8 Å². The molecule has 19 heavy (non-hydrogen) atoms. The van der Waals surface area contributed by atoms with Gasteiger partial charge in [-0.3, -0.25) is 9.18 Å². The van der Waals surface area contributed by atoms with Crippen molar-refractivity contribution in [2.75, 3.05) is 26.3 Å². The summed E-state index contributed by atoms with van der Waals surface area (Å²) in [5, 5.41) is 3.11. The first kappa shape index (κ1) is 12.6. The quantitative estimate of drug-likeness (QED) is 0.876. The second-order valence-electron chi connectivity index (χ2n) is 5.50. The molecular weight excluding hydrogens is 243 g/mol. The number of carbonyl (C=O) groups excluding carboxylic acids is 1. The van der Waals surface area contributed by atoms with Crippen LogP contribution in [0.1, 0.15) is 16.8 Å². The molecule has 1 aromatic carbocycles. The summed E-state index contributed by atoms with van der Waals surface area (Å²) >= 11 is 0. The maximum Gasteiger partial charge on any atom is 0.251 e. The SMILES string of the molecule is O=C(NC1[C@H]2CN(CCCF)C[C@@H]12)c1ccccc1. The van der Waals surface area contributed by atoms with Crippen molar-refractivity contribution in [1.82, 2.24) is 10.2 Å². The Balaban J connectivity index is 1.47. The Hall–Kier alpha value is -1.42. The molecule has 0 aromatic heterocycles. The van der Waals surface area contributed by atoms with E-state index in [9.17, 15) is 9.18 Å². The second-order valence-corrected chi connectivity index (χ2v) is 5.50. The van der Waals surface area contributed by atoms with E-state index >= 15 is 0 Å². The molecule has 4 heteroatoms. The lowest BCUT2D eigenvalue weighted by Gasteiger charge is -2.19. The van der Waals surface area contributed by atoms with Gasteiger partial charge in [-0.25, -0.2) is 0 Å². The molecule has 1 saturated carbocycles. The third kappa shape index (κ3) is 2.63. The number of nitrogens with zero attached hydrogens (tertiary/aromatic N) is 1. The molecule has 3 atom stereocenters. The van der Waals surface area contributed by atoms with Gasteiger partial charge in [0, 0.05) is 31.2 Å². The molecule has 1 aliphatic carbocycles. The number of alkyl halides is 1. The highest BCUT2D eigenvalue weighted by atomic mass is 19.1. The first-order chi connectivity index (χ1) is 9.29. The minimum Gasteiger partial charge on any atom is -0.349 e. The fourth-order valence-electron chi connectivity index (χ4n) is 3.12. The topological polar surface area (TPSA) is 32.3 Å². The van der Waals surface area contributed by atoms with E-state index in [1.54, 1.807) is 0 Å². The van der Waals surface area contributed by atoms with Crippen LogP contribution < -0.4 is 5.32 Å². The molecule has 3 nitrogen and oxygen atoms in total. The number of amides is 1. The van der Waals surface area contributed by atoms with E-state index < -0.39 is 0 Å². The van der Waals surface area contributed by atoms with Gasteiger partial charge in [-0.15, -0.1) is 0 Å². The van der Waals surface area contributed by atoms with Gasteiger partial charge < -0.3 is 10.2 Å². The summed E-state index contributed by atoms with van der Waals surface area (Å²) < 4.78 is 12.1. The average molecular weight is 262 g/mol. The summed E-state index contributed by atoms with van der Waals surface area (Å²) in [7, 11) is 0. The van der Waals surface area contributed by atoms with E-state index in [1.165, 1.54) is 0 Å². The van der Waals surface area contributed by atoms with Gasteiger partial charge in [0.25, 0.3) is 5.91 Å². The zero-order valence-corrected chi connectivity index (χ0v) is 10.9. The highest BCUT2D eigenvalue weighted by Crippen LogP contribution is 2.45. The zero-order chi connectivity index (χ0) is 13.2. The minimum atomic E-state index is -0.236. The van der Waals surface area contributed by atoms with Crippen molar-refractivity contribution in [3.05, 3.63) is 35.9 Å². The van der Waals surface area contributed by atoms with Gasteiger partial charge in [-0.05, 0) is 30.4 Å². The summed E-state index contributed by atoms with van der Waals surface area (Å²) in [6, 6.07) is 9.66. The van der Waals surface area contributed by atoms with Crippen molar-refractivity contribution in [3.8, 4) is 0 Å². The number of carbonyl (C=O) groups is 1. The van der Waals surface area contributed by atoms with Crippen LogP contribution in [0.5, 0.6) is 0 Å². The van der Waals surface area contributed by atoms with Crippen LogP contribution in [0.25, 0.3) is 0 Å². The number of rotatable bonds is 5. The first-order valence-electron chi connectivity index (χ1n) is 6.94. The van der Waals surface area contributed by atoms with E-state index in [2.05, 4.69) is 10.2 Å². The van der Waals surface area contributed by atoms with Crippen molar-refractivity contribution >= 4 is 5.91 Å². The molecule has 2 fully saturated rings. The van der Waals surface area contributed by atoms with Crippen molar-refractivity contribution in [3.63, 3.8) is 0 Å². The van der Waals surface area contributed by atoms with Crippen molar-refractivity contribution in [2.45, 2.75) is 12.5 Å². The number of piperidine rings is 1. The summed E-state index contributed by atoms with van der Waals surface area (Å²) in [5.41, 5.74) is 0.724. The molecule has 1 amide bonds. The first-order valence-corrected chi connectivity index (χ1v) is 6.94. The molecule has 0 radical (unpaired) electrons. The highest BCUT2D eigenvalue weighted by Gasteiger charge is 2.56. The Bertz CT molecular complexity index is 439. The van der Waals surface area contributed by atoms with E-state index in [0.29, 0.717) is 24.3 Å². The summed E-state index contributed by atoms with van der Waals surface area (Å²) in [6.07, 6.45) is 0.625. The Morgan fingerprint density at radius 3 is 2.58 bits per heavy atom. The molecule has 3 rings (SSSR count). The fraction of sp³-hybridized carbons (Fsp3) is 0.533. The predicted octanol–water partition coefficient (Wildman–Crippen LogP) is 1.71. The lowest BCUT2D eigenvalue weighted by atomic mass is 10.2. The average Bonchev–Trinajstić information content (AvgIpc) is 2.89. The van der Waals surface area contributed by atoms with E-state index in [1.807, 2.05) is 30.3 Å². The minimum absolute atomic E-state index is 0.0234. The summed E-state index contributed by atoms with van der Waals surface area (Å²) in [6.45, 7) is 2.62. The smallest absolute Gasteiger partial charge is 0.251 e. The fourth-order valence-corrected chi connectivity index (χ4v) is 3.12. The van der Waals surface area contributed by atoms with Gasteiger partial charge >= 0.3 is 0 Å². The lowest BCUT2D eigenvalue weighted by Crippen LogP contribution is -2.35. The molecule has 1 unspecified atom stereocenters. The molecule has 0 spiro atoms. The predicted molar refractivity (Wildman–Crippen MR) is 71.7 cm³/mol. The monoisotopic (exact) mass is 262 g/mol. The summed E-state index contributed by atoms with van der Waals surface area (Å²) in [5.74, 6) is 1.18. The molecular formula is C15H19FN2O. The number of likely N-dealkylation sites (tertiary alicyclic amines) is 1. The van der Waals surface area contributed by atoms with Gasteiger partial charge in [0.1, 0.15) is 0 Å². The third-order valence-corrected chi connectivity index (χ3v) is 4.21. The third-order valence-electron chi connectivity index (χ3n) is 4.21. The standard InChI is InChI=1S/C15H19FN2O/c16-7-4-8-18-9-12-13(10-18)14(12)17-15(19)11-5-2-1-3-6-11/h1-3,5-6,12-14H,4,7-10H2,(H,17,19)/t12-,13+,14?. The molecule has 2 aliphatic rings. The number of hydrogen-bond acceptors (Lipinski definition) is 2. The van der Waals surface area contributed by atoms with Crippen LogP contribution in [0.2, 0.25) is 0 Å². The Labute approximate surface area is 112 Å². The van der Waals surface area contributed by atoms with Crippen molar-refractivity contribution < 1.29 is 9.18 Å². The maximum absolute atomic E-state index is 12.1. The molecule has 1 heterocycles. The molecule has 1 saturated heterocycles. The van der Waals surface area contributed by atoms with Crippen molar-refractivity contribution in [2.24, 2.45) is 11.8 Å². The zero-order valence-electron chi connectivity index (χ0n) is 10.9. The van der Waals surface area contributed by atoms with Crippen LogP contribution in [0.15, 0.2) is 30.3 Å². The summed E-state index contributed by atoms with van der Waals surface area (Å²) in [4.78, 5) is 14.3. The van der Waals surface area contributed by atoms with Gasteiger partial charge in [0.15, 0.2) is 0 Å². The maximum atomic E-state index is 12.1. The normalized spacial score (nSPS) is 29.0. The second kappa shape index (κ2) is 5.29. The number of hydrogen-bond donors (Lipinski definition) is 1. The molecule has 1 aromatic rings. The van der Waals surface area contributed by atoms with E-state index in [-0.39, 0.29) is 12.6 Å². The van der Waals surface area contributed by atoms with Gasteiger partial charge in [-0.1, -0.05) is 18.2 Å². The molecule has 0 bridgehead atoms. The number of fused-ring (bicyclic) bond motifs is 1. The van der Waals surface area contributed by atoms with Crippen LogP contribution >= 0.6 is 0 Å². The lowest BCUT2D eigenvalue weighted by molar-refractivity contribution is 0.0943. The van der Waals surface area contributed by atoms with Crippen molar-refractivity contribution in [1.29, 1.82) is 0 Å². The highest BCUT2D eigenvalue weighted by molar-refractivity contribution is 5.94. The van der Waals surface area contributed by atoms with E-state index in [4.69, 9.17) is 0 Å². The number of nitrogens with one attached hydrogen (secondary N) is 1.